The Labute approximate surface area is 99.8 Å². The standard InChI is InChI=1S/C9H8N2O7/c12-8-6(11(15)16)1-2-7-9(8)18-5(4-17-7)3-10(13)14/h1-2,5,12H,3-4H2. The van der Waals surface area contributed by atoms with E-state index in [2.05, 4.69) is 0 Å². The number of hydrogen-bond donors (Lipinski definition) is 1. The quantitative estimate of drug-likeness (QED) is 0.623. The van der Waals surface area contributed by atoms with Crippen molar-refractivity contribution in [2.75, 3.05) is 13.2 Å². The maximum absolute atomic E-state index is 10.6. The molecule has 1 aliphatic heterocycles. The van der Waals surface area contributed by atoms with Crippen LogP contribution in [0.5, 0.6) is 17.2 Å². The molecule has 1 aromatic rings. The number of fused-ring (bicyclic) bond motifs is 1. The number of benzene rings is 1. The topological polar surface area (TPSA) is 125 Å². The molecular formula is C9H8N2O7. The molecule has 0 radical (unpaired) electrons. The molecule has 0 aliphatic carbocycles. The number of phenols is 1. The zero-order valence-corrected chi connectivity index (χ0v) is 8.94. The van der Waals surface area contributed by atoms with Gasteiger partial charge in [-0.1, -0.05) is 0 Å². The second-order valence-corrected chi connectivity index (χ2v) is 3.58. The molecule has 1 aliphatic rings. The summed E-state index contributed by atoms with van der Waals surface area (Å²) in [5.74, 6) is -0.800. The minimum atomic E-state index is -0.889. The molecule has 1 aromatic carbocycles. The molecule has 96 valence electrons. The summed E-state index contributed by atoms with van der Waals surface area (Å²) in [7, 11) is 0. The number of nitrogens with zero attached hydrogens (tertiary/aromatic N) is 2. The van der Waals surface area contributed by atoms with Gasteiger partial charge in [-0.25, -0.2) is 0 Å². The summed E-state index contributed by atoms with van der Waals surface area (Å²) >= 11 is 0. The molecule has 18 heavy (non-hydrogen) atoms. The van der Waals surface area contributed by atoms with Gasteiger partial charge in [0.25, 0.3) is 0 Å². The summed E-state index contributed by atoms with van der Waals surface area (Å²) < 4.78 is 10.3. The molecule has 0 bridgehead atoms. The normalized spacial score (nSPS) is 17.2. The van der Waals surface area contributed by atoms with Crippen molar-refractivity contribution in [1.29, 1.82) is 0 Å². The number of nitro benzene ring substituents is 1. The number of aromatic hydroxyl groups is 1. The lowest BCUT2D eigenvalue weighted by Gasteiger charge is -2.24. The fraction of sp³-hybridized carbons (Fsp3) is 0.333. The van der Waals surface area contributed by atoms with Gasteiger partial charge in [0.15, 0.2) is 11.9 Å². The molecule has 0 amide bonds. The van der Waals surface area contributed by atoms with E-state index in [-0.39, 0.29) is 18.1 Å². The summed E-state index contributed by atoms with van der Waals surface area (Å²) in [6.07, 6.45) is -0.889. The summed E-state index contributed by atoms with van der Waals surface area (Å²) in [4.78, 5) is 19.6. The van der Waals surface area contributed by atoms with Crippen LogP contribution in [0.3, 0.4) is 0 Å². The van der Waals surface area contributed by atoms with Crippen LogP contribution in [0.25, 0.3) is 0 Å². The van der Waals surface area contributed by atoms with Crippen LogP contribution in [0.4, 0.5) is 5.69 Å². The smallest absolute Gasteiger partial charge is 0.314 e. The summed E-state index contributed by atoms with van der Waals surface area (Å²) in [6.45, 7) is -0.563. The molecule has 1 unspecified atom stereocenters. The van der Waals surface area contributed by atoms with Gasteiger partial charge in [0.1, 0.15) is 6.61 Å². The molecule has 1 N–H and O–H groups in total. The van der Waals surface area contributed by atoms with Gasteiger partial charge in [-0.05, 0) is 6.07 Å². The first kappa shape index (κ1) is 11.9. The second kappa shape index (κ2) is 4.35. The van der Waals surface area contributed by atoms with Crippen molar-refractivity contribution in [3.8, 4) is 17.2 Å². The van der Waals surface area contributed by atoms with Gasteiger partial charge in [-0.15, -0.1) is 0 Å². The van der Waals surface area contributed by atoms with Crippen LogP contribution in [0.2, 0.25) is 0 Å². The van der Waals surface area contributed by atoms with Crippen molar-refractivity contribution < 1.29 is 24.4 Å². The monoisotopic (exact) mass is 256 g/mol. The SMILES string of the molecule is O=[N+]([O-])CC1COc2ccc([N+](=O)[O-])c(O)c2O1. The molecular weight excluding hydrogens is 248 g/mol. The van der Waals surface area contributed by atoms with E-state index >= 15 is 0 Å². The summed E-state index contributed by atoms with van der Waals surface area (Å²) in [5.41, 5.74) is -0.542. The Morgan fingerprint density at radius 3 is 2.72 bits per heavy atom. The molecule has 0 fully saturated rings. The van der Waals surface area contributed by atoms with Crippen molar-refractivity contribution in [2.24, 2.45) is 0 Å². The van der Waals surface area contributed by atoms with Crippen LogP contribution in [0, 0.1) is 20.2 Å². The van der Waals surface area contributed by atoms with E-state index in [1.807, 2.05) is 0 Å². The van der Waals surface area contributed by atoms with Crippen molar-refractivity contribution in [2.45, 2.75) is 6.10 Å². The summed E-state index contributed by atoms with van der Waals surface area (Å²) in [5, 5.41) is 30.6. The van der Waals surface area contributed by atoms with Gasteiger partial charge >= 0.3 is 5.69 Å². The van der Waals surface area contributed by atoms with E-state index in [9.17, 15) is 25.3 Å². The van der Waals surface area contributed by atoms with Gasteiger partial charge in [0.05, 0.1) is 4.92 Å². The molecule has 9 nitrogen and oxygen atoms in total. The highest BCUT2D eigenvalue weighted by atomic mass is 16.6. The first-order valence-electron chi connectivity index (χ1n) is 4.90. The van der Waals surface area contributed by atoms with Crippen LogP contribution in [-0.4, -0.2) is 34.2 Å². The third-order valence-electron chi connectivity index (χ3n) is 2.33. The minimum Gasteiger partial charge on any atom is -0.499 e. The molecule has 0 aromatic heterocycles. The Morgan fingerprint density at radius 1 is 1.39 bits per heavy atom. The Morgan fingerprint density at radius 2 is 2.11 bits per heavy atom. The molecule has 0 saturated heterocycles. The maximum Gasteiger partial charge on any atom is 0.314 e. The first-order chi connectivity index (χ1) is 8.49. The van der Waals surface area contributed by atoms with Gasteiger partial charge in [0, 0.05) is 11.0 Å². The first-order valence-corrected chi connectivity index (χ1v) is 4.90. The van der Waals surface area contributed by atoms with Gasteiger partial charge < -0.3 is 14.6 Å². The van der Waals surface area contributed by atoms with Gasteiger partial charge in [0.2, 0.25) is 18.0 Å². The van der Waals surface area contributed by atoms with E-state index in [4.69, 9.17) is 9.47 Å². The van der Waals surface area contributed by atoms with Gasteiger partial charge in [-0.2, -0.15) is 0 Å². The lowest BCUT2D eigenvalue weighted by Crippen LogP contribution is -2.35. The Balaban J connectivity index is 2.32. The van der Waals surface area contributed by atoms with Crippen LogP contribution in [0.1, 0.15) is 0 Å². The third-order valence-corrected chi connectivity index (χ3v) is 2.33. The Kier molecular flexibility index (Phi) is 2.88. The van der Waals surface area contributed by atoms with Crippen molar-refractivity contribution >= 4 is 5.69 Å². The number of nitro groups is 2. The Hall–Kier alpha value is -2.58. The highest BCUT2D eigenvalue weighted by Gasteiger charge is 2.31. The lowest BCUT2D eigenvalue weighted by molar-refractivity contribution is -0.489. The molecule has 0 spiro atoms. The average Bonchev–Trinajstić information content (AvgIpc) is 2.29. The Bertz CT molecular complexity index is 516. The molecule has 2 rings (SSSR count). The molecule has 9 heteroatoms. The van der Waals surface area contributed by atoms with Crippen LogP contribution in [-0.2, 0) is 0 Å². The van der Waals surface area contributed by atoms with Crippen molar-refractivity contribution in [3.05, 3.63) is 32.4 Å². The fourth-order valence-electron chi connectivity index (χ4n) is 1.56. The van der Waals surface area contributed by atoms with Crippen LogP contribution in [0.15, 0.2) is 12.1 Å². The number of phenolic OH excluding ortho intramolecular Hbond substituents is 1. The van der Waals surface area contributed by atoms with Crippen LogP contribution < -0.4 is 9.47 Å². The zero-order valence-electron chi connectivity index (χ0n) is 8.94. The molecule has 0 saturated carbocycles. The van der Waals surface area contributed by atoms with E-state index in [1.165, 1.54) is 6.07 Å². The van der Waals surface area contributed by atoms with Crippen molar-refractivity contribution in [3.63, 3.8) is 0 Å². The van der Waals surface area contributed by atoms with Crippen molar-refractivity contribution in [1.82, 2.24) is 0 Å². The number of hydrogen-bond acceptors (Lipinski definition) is 7. The lowest BCUT2D eigenvalue weighted by atomic mass is 10.2. The van der Waals surface area contributed by atoms with E-state index in [0.717, 1.165) is 6.07 Å². The van der Waals surface area contributed by atoms with Crippen LogP contribution >= 0.6 is 0 Å². The second-order valence-electron chi connectivity index (χ2n) is 3.58. The highest BCUT2D eigenvalue weighted by Crippen LogP contribution is 2.45. The number of rotatable bonds is 3. The van der Waals surface area contributed by atoms with Gasteiger partial charge in [-0.3, -0.25) is 20.2 Å². The predicted octanol–water partition coefficient (Wildman–Crippen LogP) is 0.717. The minimum absolute atomic E-state index is 0.0504. The highest BCUT2D eigenvalue weighted by molar-refractivity contribution is 5.62. The predicted molar refractivity (Wildman–Crippen MR) is 56.5 cm³/mol. The van der Waals surface area contributed by atoms with E-state index < -0.39 is 33.9 Å². The fourth-order valence-corrected chi connectivity index (χ4v) is 1.56. The number of ether oxygens (including phenoxy) is 2. The van der Waals surface area contributed by atoms with E-state index in [1.54, 1.807) is 0 Å². The summed E-state index contributed by atoms with van der Waals surface area (Å²) in [6, 6.07) is 2.35. The average molecular weight is 256 g/mol. The largest absolute Gasteiger partial charge is 0.499 e. The molecule has 1 atom stereocenters. The third kappa shape index (κ3) is 2.10. The van der Waals surface area contributed by atoms with E-state index in [0.29, 0.717) is 0 Å². The maximum atomic E-state index is 10.6. The molecule has 1 heterocycles. The zero-order chi connectivity index (χ0) is 13.3.